The van der Waals surface area contributed by atoms with Crippen LogP contribution >= 0.6 is 0 Å². The summed E-state index contributed by atoms with van der Waals surface area (Å²) in [6.45, 7) is 1.34. The minimum Gasteiger partial charge on any atom is -0.333 e. The van der Waals surface area contributed by atoms with Crippen molar-refractivity contribution in [3.63, 3.8) is 0 Å². The SMILES string of the molecule is Cn1ccc(C(=O)N2CCCC2CN)n1. The third kappa shape index (κ3) is 1.87. The van der Waals surface area contributed by atoms with Crippen LogP contribution in [-0.4, -0.2) is 39.7 Å². The van der Waals surface area contributed by atoms with Crippen molar-refractivity contribution in [3.8, 4) is 0 Å². The summed E-state index contributed by atoms with van der Waals surface area (Å²) < 4.78 is 1.64. The van der Waals surface area contributed by atoms with Crippen molar-refractivity contribution in [3.05, 3.63) is 18.0 Å². The van der Waals surface area contributed by atoms with Crippen LogP contribution in [0.1, 0.15) is 23.3 Å². The molecule has 0 bridgehead atoms. The molecule has 1 aromatic rings. The maximum atomic E-state index is 12.0. The van der Waals surface area contributed by atoms with E-state index in [0.717, 1.165) is 19.4 Å². The van der Waals surface area contributed by atoms with Gasteiger partial charge in [-0.2, -0.15) is 5.10 Å². The summed E-state index contributed by atoms with van der Waals surface area (Å²) in [4.78, 5) is 13.9. The van der Waals surface area contributed by atoms with Gasteiger partial charge in [0, 0.05) is 32.4 Å². The molecule has 1 fully saturated rings. The molecule has 0 spiro atoms. The smallest absolute Gasteiger partial charge is 0.274 e. The van der Waals surface area contributed by atoms with Gasteiger partial charge in [-0.3, -0.25) is 9.48 Å². The summed E-state index contributed by atoms with van der Waals surface area (Å²) in [6, 6.07) is 1.94. The Hall–Kier alpha value is -1.36. The number of carbonyl (C=O) groups excluding carboxylic acids is 1. The van der Waals surface area contributed by atoms with Gasteiger partial charge in [0.2, 0.25) is 0 Å². The normalized spacial score (nSPS) is 20.9. The molecular weight excluding hydrogens is 192 g/mol. The first-order valence-corrected chi connectivity index (χ1v) is 5.23. The maximum absolute atomic E-state index is 12.0. The molecule has 5 heteroatoms. The molecule has 1 amide bonds. The van der Waals surface area contributed by atoms with Gasteiger partial charge in [-0.1, -0.05) is 0 Å². The largest absolute Gasteiger partial charge is 0.333 e. The summed E-state index contributed by atoms with van der Waals surface area (Å²) >= 11 is 0. The molecule has 5 nitrogen and oxygen atoms in total. The van der Waals surface area contributed by atoms with Gasteiger partial charge in [-0.05, 0) is 18.9 Å². The van der Waals surface area contributed by atoms with Crippen LogP contribution in [0.2, 0.25) is 0 Å². The van der Waals surface area contributed by atoms with Crippen molar-refractivity contribution in [2.45, 2.75) is 18.9 Å². The average Bonchev–Trinajstić information content (AvgIpc) is 2.84. The molecule has 0 aromatic carbocycles. The lowest BCUT2D eigenvalue weighted by molar-refractivity contribution is 0.0734. The van der Waals surface area contributed by atoms with Crippen molar-refractivity contribution in [2.24, 2.45) is 12.8 Å². The fourth-order valence-corrected chi connectivity index (χ4v) is 2.02. The standard InChI is InChI=1S/C10H16N4O/c1-13-6-4-9(12-13)10(15)14-5-2-3-8(14)7-11/h4,6,8H,2-3,5,7,11H2,1H3. The van der Waals surface area contributed by atoms with Crippen molar-refractivity contribution >= 4 is 5.91 Å². The second-order valence-electron chi connectivity index (χ2n) is 3.90. The second kappa shape index (κ2) is 4.02. The number of amides is 1. The molecule has 0 aliphatic carbocycles. The van der Waals surface area contributed by atoms with Crippen molar-refractivity contribution in [1.82, 2.24) is 14.7 Å². The molecule has 0 radical (unpaired) electrons. The second-order valence-corrected chi connectivity index (χ2v) is 3.90. The molecule has 1 aromatic heterocycles. The van der Waals surface area contributed by atoms with E-state index >= 15 is 0 Å². The number of aryl methyl sites for hydroxylation is 1. The van der Waals surface area contributed by atoms with Crippen LogP contribution in [0, 0.1) is 0 Å². The van der Waals surface area contributed by atoms with Crippen LogP contribution in [0.5, 0.6) is 0 Å². The maximum Gasteiger partial charge on any atom is 0.274 e. The number of hydrogen-bond donors (Lipinski definition) is 1. The van der Waals surface area contributed by atoms with Crippen LogP contribution in [0.3, 0.4) is 0 Å². The van der Waals surface area contributed by atoms with E-state index in [0.29, 0.717) is 12.2 Å². The minimum atomic E-state index is 0.00329. The van der Waals surface area contributed by atoms with E-state index < -0.39 is 0 Å². The Labute approximate surface area is 88.8 Å². The van der Waals surface area contributed by atoms with Gasteiger partial charge in [-0.25, -0.2) is 0 Å². The van der Waals surface area contributed by atoms with Gasteiger partial charge >= 0.3 is 0 Å². The Kier molecular flexibility index (Phi) is 2.73. The summed E-state index contributed by atoms with van der Waals surface area (Å²) in [5, 5.41) is 4.11. The zero-order chi connectivity index (χ0) is 10.8. The van der Waals surface area contributed by atoms with Crippen LogP contribution in [-0.2, 0) is 7.05 Å². The van der Waals surface area contributed by atoms with Crippen LogP contribution in [0.25, 0.3) is 0 Å². The summed E-state index contributed by atoms with van der Waals surface area (Å²) in [7, 11) is 1.81. The molecule has 1 unspecified atom stereocenters. The third-order valence-corrected chi connectivity index (χ3v) is 2.84. The van der Waals surface area contributed by atoms with Crippen LogP contribution < -0.4 is 5.73 Å². The first kappa shape index (κ1) is 10.2. The molecule has 2 heterocycles. The van der Waals surface area contributed by atoms with Gasteiger partial charge in [0.1, 0.15) is 5.69 Å². The van der Waals surface area contributed by atoms with Gasteiger partial charge in [-0.15, -0.1) is 0 Å². The van der Waals surface area contributed by atoms with Gasteiger partial charge in [0.15, 0.2) is 0 Å². The zero-order valence-corrected chi connectivity index (χ0v) is 8.89. The molecular formula is C10H16N4O. The van der Waals surface area contributed by atoms with Gasteiger partial charge in [0.05, 0.1) is 0 Å². The topological polar surface area (TPSA) is 64.2 Å². The molecule has 15 heavy (non-hydrogen) atoms. The molecule has 1 aliphatic heterocycles. The predicted molar refractivity (Wildman–Crippen MR) is 56.3 cm³/mol. The minimum absolute atomic E-state index is 0.00329. The first-order chi connectivity index (χ1) is 7.22. The number of likely N-dealkylation sites (tertiary alicyclic amines) is 1. The number of nitrogens with zero attached hydrogens (tertiary/aromatic N) is 3. The number of rotatable bonds is 2. The monoisotopic (exact) mass is 208 g/mol. The van der Waals surface area contributed by atoms with E-state index in [1.54, 1.807) is 24.0 Å². The Bertz CT molecular complexity index is 360. The van der Waals surface area contributed by atoms with E-state index in [1.807, 2.05) is 4.90 Å². The lowest BCUT2D eigenvalue weighted by Gasteiger charge is -2.22. The highest BCUT2D eigenvalue weighted by molar-refractivity contribution is 5.92. The van der Waals surface area contributed by atoms with E-state index in [2.05, 4.69) is 5.10 Å². The highest BCUT2D eigenvalue weighted by atomic mass is 16.2. The summed E-state index contributed by atoms with van der Waals surface area (Å²) in [5.74, 6) is 0.00329. The van der Waals surface area contributed by atoms with E-state index in [4.69, 9.17) is 5.73 Å². The number of carbonyl (C=O) groups is 1. The summed E-state index contributed by atoms with van der Waals surface area (Å²) in [6.07, 6.45) is 3.83. The van der Waals surface area contributed by atoms with Crippen LogP contribution in [0.15, 0.2) is 12.3 Å². The molecule has 2 N–H and O–H groups in total. The Balaban J connectivity index is 2.13. The number of hydrogen-bond acceptors (Lipinski definition) is 3. The quantitative estimate of drug-likeness (QED) is 0.743. The van der Waals surface area contributed by atoms with E-state index in [9.17, 15) is 4.79 Å². The van der Waals surface area contributed by atoms with E-state index in [-0.39, 0.29) is 11.9 Å². The fourth-order valence-electron chi connectivity index (χ4n) is 2.02. The number of nitrogens with two attached hydrogens (primary N) is 1. The third-order valence-electron chi connectivity index (χ3n) is 2.84. The highest BCUT2D eigenvalue weighted by Crippen LogP contribution is 2.18. The molecule has 1 aliphatic rings. The van der Waals surface area contributed by atoms with Crippen LogP contribution in [0.4, 0.5) is 0 Å². The molecule has 2 rings (SSSR count). The first-order valence-electron chi connectivity index (χ1n) is 5.23. The summed E-state index contributed by atoms with van der Waals surface area (Å²) in [5.41, 5.74) is 6.14. The van der Waals surface area contributed by atoms with Crippen molar-refractivity contribution in [2.75, 3.05) is 13.1 Å². The van der Waals surface area contributed by atoms with E-state index in [1.165, 1.54) is 0 Å². The van der Waals surface area contributed by atoms with Gasteiger partial charge in [0.25, 0.3) is 5.91 Å². The number of aromatic nitrogens is 2. The van der Waals surface area contributed by atoms with Gasteiger partial charge < -0.3 is 10.6 Å². The zero-order valence-electron chi connectivity index (χ0n) is 8.89. The van der Waals surface area contributed by atoms with Crippen molar-refractivity contribution < 1.29 is 4.79 Å². The highest BCUT2D eigenvalue weighted by Gasteiger charge is 2.29. The molecule has 0 saturated carbocycles. The lowest BCUT2D eigenvalue weighted by atomic mass is 10.2. The Morgan fingerprint density at radius 2 is 2.53 bits per heavy atom. The average molecular weight is 208 g/mol. The molecule has 1 saturated heterocycles. The van der Waals surface area contributed by atoms with Crippen molar-refractivity contribution in [1.29, 1.82) is 0 Å². The molecule has 82 valence electrons. The predicted octanol–water partition coefficient (Wildman–Crippen LogP) is -0.0166. The Morgan fingerprint density at radius 3 is 3.13 bits per heavy atom. The molecule has 1 atom stereocenters. The Morgan fingerprint density at radius 1 is 1.73 bits per heavy atom. The lowest BCUT2D eigenvalue weighted by Crippen LogP contribution is -2.40. The fraction of sp³-hybridized carbons (Fsp3) is 0.600.